The van der Waals surface area contributed by atoms with Crippen LogP contribution in [-0.2, 0) is 0 Å². The summed E-state index contributed by atoms with van der Waals surface area (Å²) in [6, 6.07) is 0.645. The van der Waals surface area contributed by atoms with Gasteiger partial charge >= 0.3 is 0 Å². The van der Waals surface area contributed by atoms with Crippen LogP contribution in [0, 0.1) is 11.8 Å². The van der Waals surface area contributed by atoms with E-state index >= 15 is 0 Å². The molecule has 0 bridgehead atoms. The Morgan fingerprint density at radius 3 is 1.83 bits per heavy atom. The maximum atomic E-state index is 3.49. The SMILES string of the molecule is CCC(C)C(CN1CCN(CC(C)C)CC1)NC. The number of hydrogen-bond donors (Lipinski definition) is 1. The standard InChI is InChI=1S/C15H33N3/c1-6-14(4)15(16-5)12-18-9-7-17(8-10-18)11-13(2)3/h13-16H,6-12H2,1-5H3. The van der Waals surface area contributed by atoms with Crippen LogP contribution >= 0.6 is 0 Å². The zero-order chi connectivity index (χ0) is 13.5. The highest BCUT2D eigenvalue weighted by Crippen LogP contribution is 2.11. The van der Waals surface area contributed by atoms with Crippen molar-refractivity contribution in [3.05, 3.63) is 0 Å². The first-order valence-electron chi connectivity index (χ1n) is 7.68. The smallest absolute Gasteiger partial charge is 0.0217 e. The Kier molecular flexibility index (Phi) is 7.20. The number of rotatable bonds is 7. The van der Waals surface area contributed by atoms with Crippen LogP contribution in [0.5, 0.6) is 0 Å². The molecule has 3 nitrogen and oxygen atoms in total. The molecule has 3 heteroatoms. The molecule has 1 saturated heterocycles. The van der Waals surface area contributed by atoms with Gasteiger partial charge in [0.15, 0.2) is 0 Å². The molecule has 1 N–H and O–H groups in total. The Bertz CT molecular complexity index is 210. The summed E-state index contributed by atoms with van der Waals surface area (Å²) in [5.41, 5.74) is 0. The van der Waals surface area contributed by atoms with Crippen molar-refractivity contribution in [1.82, 2.24) is 15.1 Å². The highest BCUT2D eigenvalue weighted by atomic mass is 15.3. The molecule has 1 heterocycles. The highest BCUT2D eigenvalue weighted by Gasteiger charge is 2.21. The minimum absolute atomic E-state index is 0.645. The van der Waals surface area contributed by atoms with Gasteiger partial charge in [-0.2, -0.15) is 0 Å². The molecule has 1 aliphatic rings. The fourth-order valence-electron chi connectivity index (χ4n) is 2.79. The second kappa shape index (κ2) is 8.13. The average molecular weight is 255 g/mol. The van der Waals surface area contributed by atoms with Crippen LogP contribution in [0.1, 0.15) is 34.1 Å². The number of piperazine rings is 1. The monoisotopic (exact) mass is 255 g/mol. The predicted octanol–water partition coefficient (Wildman–Crippen LogP) is 1.89. The highest BCUT2D eigenvalue weighted by molar-refractivity contribution is 4.79. The molecule has 2 unspecified atom stereocenters. The molecule has 0 amide bonds. The largest absolute Gasteiger partial charge is 0.315 e. The normalized spacial score (nSPS) is 22.3. The van der Waals surface area contributed by atoms with E-state index in [1.807, 2.05) is 0 Å². The van der Waals surface area contributed by atoms with Gasteiger partial charge in [0, 0.05) is 45.3 Å². The Hall–Kier alpha value is -0.120. The van der Waals surface area contributed by atoms with Crippen LogP contribution in [0.15, 0.2) is 0 Å². The molecule has 1 aliphatic heterocycles. The number of hydrogen-bond acceptors (Lipinski definition) is 3. The molecular weight excluding hydrogens is 222 g/mol. The van der Waals surface area contributed by atoms with Crippen LogP contribution < -0.4 is 5.32 Å². The van der Waals surface area contributed by atoms with Crippen molar-refractivity contribution >= 4 is 0 Å². The Labute approximate surface area is 114 Å². The molecule has 0 saturated carbocycles. The first-order chi connectivity index (χ1) is 8.56. The van der Waals surface area contributed by atoms with Gasteiger partial charge in [0.2, 0.25) is 0 Å². The van der Waals surface area contributed by atoms with Gasteiger partial charge in [-0.1, -0.05) is 34.1 Å². The lowest BCUT2D eigenvalue weighted by Gasteiger charge is -2.38. The minimum Gasteiger partial charge on any atom is -0.315 e. The van der Waals surface area contributed by atoms with E-state index in [9.17, 15) is 0 Å². The van der Waals surface area contributed by atoms with Crippen molar-refractivity contribution in [2.24, 2.45) is 11.8 Å². The number of nitrogens with zero attached hydrogens (tertiary/aromatic N) is 2. The lowest BCUT2D eigenvalue weighted by molar-refractivity contribution is 0.108. The number of nitrogens with one attached hydrogen (secondary N) is 1. The summed E-state index contributed by atoms with van der Waals surface area (Å²) in [5.74, 6) is 1.56. The van der Waals surface area contributed by atoms with E-state index in [2.05, 4.69) is 49.9 Å². The third kappa shape index (κ3) is 5.25. The molecule has 0 aromatic rings. The predicted molar refractivity (Wildman–Crippen MR) is 80.0 cm³/mol. The Morgan fingerprint density at radius 2 is 1.44 bits per heavy atom. The van der Waals surface area contributed by atoms with Crippen molar-refractivity contribution in [3.8, 4) is 0 Å². The molecule has 0 aromatic heterocycles. The summed E-state index contributed by atoms with van der Waals surface area (Å²) in [6.45, 7) is 16.7. The maximum Gasteiger partial charge on any atom is 0.0217 e. The topological polar surface area (TPSA) is 18.5 Å². The molecule has 0 aromatic carbocycles. The lowest BCUT2D eigenvalue weighted by atomic mass is 9.98. The molecule has 0 spiro atoms. The second-order valence-corrected chi connectivity index (χ2v) is 6.28. The van der Waals surface area contributed by atoms with Gasteiger partial charge in [-0.25, -0.2) is 0 Å². The number of likely N-dealkylation sites (N-methyl/N-ethyl adjacent to an activating group) is 1. The fraction of sp³-hybridized carbons (Fsp3) is 1.00. The van der Waals surface area contributed by atoms with E-state index in [4.69, 9.17) is 0 Å². The van der Waals surface area contributed by atoms with Crippen molar-refractivity contribution in [2.75, 3.05) is 46.3 Å². The van der Waals surface area contributed by atoms with Crippen molar-refractivity contribution in [3.63, 3.8) is 0 Å². The molecular formula is C15H33N3. The molecule has 18 heavy (non-hydrogen) atoms. The lowest BCUT2D eigenvalue weighted by Crippen LogP contribution is -2.52. The molecule has 0 radical (unpaired) electrons. The first-order valence-corrected chi connectivity index (χ1v) is 7.68. The zero-order valence-corrected chi connectivity index (χ0v) is 13.1. The maximum absolute atomic E-state index is 3.49. The van der Waals surface area contributed by atoms with E-state index < -0.39 is 0 Å². The zero-order valence-electron chi connectivity index (χ0n) is 13.1. The van der Waals surface area contributed by atoms with E-state index in [1.165, 1.54) is 45.7 Å². The molecule has 1 fully saturated rings. The third-order valence-corrected chi connectivity index (χ3v) is 4.24. The summed E-state index contributed by atoms with van der Waals surface area (Å²) in [5, 5.41) is 3.49. The quantitative estimate of drug-likeness (QED) is 0.749. The molecule has 0 aliphatic carbocycles. The average Bonchev–Trinajstić information content (AvgIpc) is 2.36. The third-order valence-electron chi connectivity index (χ3n) is 4.24. The van der Waals surface area contributed by atoms with Crippen LogP contribution in [0.3, 0.4) is 0 Å². The van der Waals surface area contributed by atoms with E-state index in [-0.39, 0.29) is 0 Å². The summed E-state index contributed by atoms with van der Waals surface area (Å²) < 4.78 is 0. The molecule has 1 rings (SSSR count). The van der Waals surface area contributed by atoms with Crippen LogP contribution in [-0.4, -0.2) is 62.2 Å². The van der Waals surface area contributed by atoms with E-state index in [0.717, 1.165) is 11.8 Å². The van der Waals surface area contributed by atoms with Crippen LogP contribution in [0.25, 0.3) is 0 Å². The summed E-state index contributed by atoms with van der Waals surface area (Å²) in [6.07, 6.45) is 1.26. The first kappa shape index (κ1) is 15.9. The Balaban J connectivity index is 2.29. The van der Waals surface area contributed by atoms with Gasteiger partial charge in [0.1, 0.15) is 0 Å². The van der Waals surface area contributed by atoms with E-state index in [0.29, 0.717) is 6.04 Å². The molecule has 2 atom stereocenters. The van der Waals surface area contributed by atoms with Gasteiger partial charge in [0.25, 0.3) is 0 Å². The van der Waals surface area contributed by atoms with Crippen LogP contribution in [0.2, 0.25) is 0 Å². The fourth-order valence-corrected chi connectivity index (χ4v) is 2.79. The molecule has 108 valence electrons. The second-order valence-electron chi connectivity index (χ2n) is 6.28. The minimum atomic E-state index is 0.645. The summed E-state index contributed by atoms with van der Waals surface area (Å²) >= 11 is 0. The van der Waals surface area contributed by atoms with Crippen molar-refractivity contribution < 1.29 is 0 Å². The summed E-state index contributed by atoms with van der Waals surface area (Å²) in [4.78, 5) is 5.24. The summed E-state index contributed by atoms with van der Waals surface area (Å²) in [7, 11) is 2.10. The van der Waals surface area contributed by atoms with Crippen LogP contribution in [0.4, 0.5) is 0 Å². The van der Waals surface area contributed by atoms with Crippen molar-refractivity contribution in [2.45, 2.75) is 40.2 Å². The van der Waals surface area contributed by atoms with Gasteiger partial charge in [0.05, 0.1) is 0 Å². The van der Waals surface area contributed by atoms with Crippen molar-refractivity contribution in [1.29, 1.82) is 0 Å². The van der Waals surface area contributed by atoms with Gasteiger partial charge in [-0.05, 0) is 18.9 Å². The van der Waals surface area contributed by atoms with Gasteiger partial charge in [-0.3, -0.25) is 4.90 Å². The Morgan fingerprint density at radius 1 is 0.944 bits per heavy atom. The van der Waals surface area contributed by atoms with Gasteiger partial charge < -0.3 is 10.2 Å². The van der Waals surface area contributed by atoms with E-state index in [1.54, 1.807) is 0 Å². The van der Waals surface area contributed by atoms with Gasteiger partial charge in [-0.15, -0.1) is 0 Å².